The van der Waals surface area contributed by atoms with Gasteiger partial charge in [-0.1, -0.05) is 35.0 Å². The number of methoxy groups -OCH3 is 2. The second-order valence-corrected chi connectivity index (χ2v) is 7.21. The summed E-state index contributed by atoms with van der Waals surface area (Å²) in [5.74, 6) is -0.643. The first-order valence-corrected chi connectivity index (χ1v) is 9.85. The zero-order chi connectivity index (χ0) is 23.5. The summed E-state index contributed by atoms with van der Waals surface area (Å²) in [5, 5.41) is 27.0. The average molecular weight is 444 g/mol. The third-order valence-electron chi connectivity index (χ3n) is 5.22. The lowest BCUT2D eigenvalue weighted by Gasteiger charge is -2.29. The molecule has 0 bridgehead atoms. The van der Waals surface area contributed by atoms with Crippen molar-refractivity contribution in [1.29, 1.82) is 0 Å². The maximum Gasteiger partial charge on any atom is 0.356 e. The van der Waals surface area contributed by atoms with Crippen molar-refractivity contribution in [3.05, 3.63) is 63.2 Å². The molecule has 10 nitrogen and oxygen atoms in total. The maximum atomic E-state index is 13.0. The van der Waals surface area contributed by atoms with Crippen LogP contribution < -0.4 is 9.47 Å². The van der Waals surface area contributed by atoms with Crippen LogP contribution in [0.2, 0.25) is 0 Å². The van der Waals surface area contributed by atoms with E-state index in [4.69, 9.17) is 19.0 Å². The number of nitrogens with zero attached hydrogens (tertiary/aromatic N) is 2. The van der Waals surface area contributed by atoms with E-state index in [2.05, 4.69) is 5.16 Å². The number of hydrogen-bond acceptors (Lipinski definition) is 9. The van der Waals surface area contributed by atoms with E-state index in [0.717, 1.165) is 11.6 Å². The Bertz CT molecular complexity index is 1050. The van der Waals surface area contributed by atoms with Gasteiger partial charge in [0, 0.05) is 0 Å². The number of rotatable bonds is 8. The number of aryl methyl sites for hydroxylation is 1. The second kappa shape index (κ2) is 9.23. The third-order valence-corrected chi connectivity index (χ3v) is 5.22. The molecule has 10 heteroatoms. The molecule has 2 atom stereocenters. The van der Waals surface area contributed by atoms with Gasteiger partial charge in [0.2, 0.25) is 0 Å². The van der Waals surface area contributed by atoms with E-state index in [1.807, 2.05) is 31.2 Å². The highest BCUT2D eigenvalue weighted by molar-refractivity contribution is 6.05. The highest BCUT2D eigenvalue weighted by Gasteiger charge is 2.56. The smallest absolute Gasteiger partial charge is 0.356 e. The zero-order valence-electron chi connectivity index (χ0n) is 18.2. The van der Waals surface area contributed by atoms with Gasteiger partial charge in [-0.15, -0.1) is 0 Å². The molecule has 0 aromatic heterocycles. The second-order valence-electron chi connectivity index (χ2n) is 7.21. The molecule has 0 radical (unpaired) electrons. The number of esters is 1. The van der Waals surface area contributed by atoms with Gasteiger partial charge in [0.1, 0.15) is 6.10 Å². The molecule has 170 valence electrons. The Kier molecular flexibility index (Phi) is 6.64. The van der Waals surface area contributed by atoms with Crippen molar-refractivity contribution < 1.29 is 33.9 Å². The Morgan fingerprint density at radius 3 is 2.44 bits per heavy atom. The lowest BCUT2D eigenvalue weighted by molar-refractivity contribution is -0.386. The molecule has 0 amide bonds. The molecule has 2 aromatic carbocycles. The van der Waals surface area contributed by atoms with Crippen molar-refractivity contribution in [3.8, 4) is 11.5 Å². The molecular formula is C22H24N2O8. The molecule has 0 saturated heterocycles. The largest absolute Gasteiger partial charge is 0.493 e. The molecule has 1 aliphatic rings. The van der Waals surface area contributed by atoms with E-state index in [9.17, 15) is 20.0 Å². The predicted octanol–water partition coefficient (Wildman–Crippen LogP) is 3.08. The summed E-state index contributed by atoms with van der Waals surface area (Å²) in [7, 11) is 2.69. The fourth-order valence-electron chi connectivity index (χ4n) is 3.48. The van der Waals surface area contributed by atoms with E-state index in [1.165, 1.54) is 20.3 Å². The molecule has 1 N–H and O–H groups in total. The van der Waals surface area contributed by atoms with Crippen molar-refractivity contribution in [1.82, 2.24) is 0 Å². The lowest BCUT2D eigenvalue weighted by Crippen LogP contribution is -2.46. The van der Waals surface area contributed by atoms with E-state index < -0.39 is 28.3 Å². The number of hydrogen-bond donors (Lipinski definition) is 1. The Balaban J connectivity index is 2.09. The third kappa shape index (κ3) is 4.09. The number of aliphatic hydroxyl groups excluding tert-OH is 1. The molecule has 0 aliphatic carbocycles. The van der Waals surface area contributed by atoms with Crippen LogP contribution in [0.15, 0.2) is 41.6 Å². The number of oxime groups is 1. The average Bonchev–Trinajstić information content (AvgIpc) is 3.25. The minimum Gasteiger partial charge on any atom is -0.493 e. The van der Waals surface area contributed by atoms with E-state index in [0.29, 0.717) is 11.3 Å². The monoisotopic (exact) mass is 444 g/mol. The molecule has 0 saturated carbocycles. The number of nitro benzene ring substituents is 1. The van der Waals surface area contributed by atoms with Gasteiger partial charge in [0.05, 0.1) is 49.5 Å². The number of carbonyl (C=O) groups is 1. The molecule has 1 heterocycles. The Hall–Kier alpha value is -3.66. The number of benzene rings is 2. The van der Waals surface area contributed by atoms with Crippen molar-refractivity contribution in [3.63, 3.8) is 0 Å². The normalized spacial score (nSPS) is 18.3. The van der Waals surface area contributed by atoms with Crippen molar-refractivity contribution in [2.75, 3.05) is 20.8 Å². The summed E-state index contributed by atoms with van der Waals surface area (Å²) in [6.07, 6.45) is -1.94. The van der Waals surface area contributed by atoms with E-state index in [-0.39, 0.29) is 30.1 Å². The molecule has 2 aromatic rings. The van der Waals surface area contributed by atoms with Crippen LogP contribution in [0.3, 0.4) is 0 Å². The van der Waals surface area contributed by atoms with Gasteiger partial charge in [0.15, 0.2) is 11.5 Å². The maximum absolute atomic E-state index is 13.0. The highest BCUT2D eigenvalue weighted by atomic mass is 16.7. The van der Waals surface area contributed by atoms with Gasteiger partial charge in [-0.3, -0.25) is 10.1 Å². The van der Waals surface area contributed by atoms with Crippen LogP contribution in [0.5, 0.6) is 11.5 Å². The Labute approximate surface area is 184 Å². The van der Waals surface area contributed by atoms with E-state index >= 15 is 0 Å². The van der Waals surface area contributed by atoms with Crippen LogP contribution in [0.4, 0.5) is 5.69 Å². The van der Waals surface area contributed by atoms with Crippen LogP contribution in [-0.2, 0) is 14.4 Å². The van der Waals surface area contributed by atoms with Gasteiger partial charge in [-0.25, -0.2) is 4.79 Å². The fourth-order valence-corrected chi connectivity index (χ4v) is 3.48. The fraction of sp³-hybridized carbons (Fsp3) is 0.364. The molecule has 0 spiro atoms. The molecule has 1 aliphatic heterocycles. The standard InChI is InChI=1S/C22H24N2O8/c1-5-31-21(26)22(12-16(23-32-22)14-8-6-13(2)7-9-14)20(25)15-10-18(29-3)19(30-4)11-17(15)24(27)28/h6-11,20,25H,5,12H2,1-4H3/t20-,22+/m1/s1. The van der Waals surface area contributed by atoms with Gasteiger partial charge in [-0.05, 0) is 25.5 Å². The summed E-state index contributed by atoms with van der Waals surface area (Å²) < 4.78 is 15.5. The summed E-state index contributed by atoms with van der Waals surface area (Å²) in [6, 6.07) is 9.73. The minimum absolute atomic E-state index is 0.0184. The van der Waals surface area contributed by atoms with Crippen LogP contribution >= 0.6 is 0 Å². The number of carbonyl (C=O) groups excluding carboxylic acids is 1. The predicted molar refractivity (Wildman–Crippen MR) is 114 cm³/mol. The number of nitro groups is 1. The van der Waals surface area contributed by atoms with Crippen molar-refractivity contribution in [2.24, 2.45) is 5.16 Å². The molecule has 32 heavy (non-hydrogen) atoms. The summed E-state index contributed by atoms with van der Waals surface area (Å²) in [5.41, 5.74) is -0.546. The topological polar surface area (TPSA) is 130 Å². The Morgan fingerprint density at radius 2 is 1.88 bits per heavy atom. The van der Waals surface area contributed by atoms with Crippen LogP contribution in [-0.4, -0.2) is 48.1 Å². The Morgan fingerprint density at radius 1 is 1.25 bits per heavy atom. The molecule has 0 unspecified atom stereocenters. The number of ether oxygens (including phenoxy) is 3. The lowest BCUT2D eigenvalue weighted by atomic mass is 9.84. The number of aliphatic hydroxyl groups is 1. The van der Waals surface area contributed by atoms with Gasteiger partial charge in [-0.2, -0.15) is 0 Å². The van der Waals surface area contributed by atoms with Gasteiger partial charge < -0.3 is 24.2 Å². The van der Waals surface area contributed by atoms with Gasteiger partial charge >= 0.3 is 5.97 Å². The van der Waals surface area contributed by atoms with Crippen LogP contribution in [0.1, 0.15) is 36.1 Å². The van der Waals surface area contributed by atoms with Crippen LogP contribution in [0, 0.1) is 17.0 Å². The zero-order valence-corrected chi connectivity index (χ0v) is 18.2. The summed E-state index contributed by atoms with van der Waals surface area (Å²) in [4.78, 5) is 29.5. The van der Waals surface area contributed by atoms with Crippen LogP contribution in [0.25, 0.3) is 0 Å². The first-order chi connectivity index (χ1) is 15.3. The molecular weight excluding hydrogens is 420 g/mol. The first-order valence-electron chi connectivity index (χ1n) is 9.85. The minimum atomic E-state index is -2.01. The van der Waals surface area contributed by atoms with Crippen molar-refractivity contribution in [2.45, 2.75) is 32.0 Å². The quantitative estimate of drug-likeness (QED) is 0.373. The van der Waals surface area contributed by atoms with Gasteiger partial charge in [0.25, 0.3) is 11.3 Å². The van der Waals surface area contributed by atoms with Crippen molar-refractivity contribution >= 4 is 17.4 Å². The SMILES string of the molecule is CCOC(=O)[C@@]1([C@H](O)c2cc(OC)c(OC)cc2[N+](=O)[O-])CC(c2ccc(C)cc2)=NO1. The van der Waals surface area contributed by atoms with E-state index in [1.54, 1.807) is 6.92 Å². The molecule has 3 rings (SSSR count). The molecule has 0 fully saturated rings. The first kappa shape index (κ1) is 23.0. The highest BCUT2D eigenvalue weighted by Crippen LogP contribution is 2.45. The summed E-state index contributed by atoms with van der Waals surface area (Å²) in [6.45, 7) is 3.55. The summed E-state index contributed by atoms with van der Waals surface area (Å²) >= 11 is 0.